The Bertz CT molecular complexity index is 1390. The molecule has 2 unspecified atom stereocenters. The normalized spacial score (nSPS) is 17.5. The fourth-order valence-electron chi connectivity index (χ4n) is 3.88. The number of anilines is 1. The van der Waals surface area contributed by atoms with Crippen LogP contribution in [0.25, 0.3) is 28.0 Å². The van der Waals surface area contributed by atoms with Crippen LogP contribution in [0.2, 0.25) is 0 Å². The summed E-state index contributed by atoms with van der Waals surface area (Å²) >= 11 is 5.71. The van der Waals surface area contributed by atoms with Crippen LogP contribution in [0, 0.1) is 12.8 Å². The van der Waals surface area contributed by atoms with E-state index in [2.05, 4.69) is 15.1 Å². The van der Waals surface area contributed by atoms with E-state index >= 15 is 0 Å². The Morgan fingerprint density at radius 1 is 1.31 bits per heavy atom. The molecule has 162 valence electrons. The first-order valence-corrected chi connectivity index (χ1v) is 10.3. The van der Waals surface area contributed by atoms with Crippen LogP contribution in [0.3, 0.4) is 0 Å². The van der Waals surface area contributed by atoms with E-state index in [1.807, 2.05) is 31.3 Å². The van der Waals surface area contributed by atoms with Crippen molar-refractivity contribution in [2.45, 2.75) is 19.3 Å². The van der Waals surface area contributed by atoms with Gasteiger partial charge in [0.1, 0.15) is 5.82 Å². The van der Waals surface area contributed by atoms with Crippen molar-refractivity contribution < 1.29 is 14.3 Å². The third-order valence-corrected chi connectivity index (χ3v) is 5.94. The molecule has 4 heterocycles. The van der Waals surface area contributed by atoms with Crippen molar-refractivity contribution in [3.63, 3.8) is 0 Å². The lowest BCUT2D eigenvalue weighted by Crippen LogP contribution is -2.03. The second-order valence-corrected chi connectivity index (χ2v) is 8.18. The van der Waals surface area contributed by atoms with E-state index in [4.69, 9.17) is 27.1 Å². The highest BCUT2D eigenvalue weighted by Gasteiger charge is 2.44. The Hall–Kier alpha value is -3.72. The van der Waals surface area contributed by atoms with Crippen LogP contribution < -0.4 is 5.73 Å². The summed E-state index contributed by atoms with van der Waals surface area (Å²) < 4.78 is 6.62. The number of ether oxygens (including phenoxy) is 1. The number of fused-ring (bicyclic) bond motifs is 1. The van der Waals surface area contributed by atoms with Gasteiger partial charge < -0.3 is 15.5 Å². The Balaban J connectivity index is 1.67. The van der Waals surface area contributed by atoms with Crippen LogP contribution in [0.5, 0.6) is 0 Å². The number of nitrogens with two attached hydrogens (primary N) is 1. The Morgan fingerprint density at radius 2 is 2.12 bits per heavy atom. The third-order valence-electron chi connectivity index (χ3n) is 5.66. The number of aromatic amines is 1. The zero-order valence-electron chi connectivity index (χ0n) is 17.3. The van der Waals surface area contributed by atoms with Crippen LogP contribution in [-0.4, -0.2) is 43.1 Å². The first kappa shape index (κ1) is 20.2. The van der Waals surface area contributed by atoms with E-state index in [1.54, 1.807) is 10.7 Å². The largest absolute Gasteiger partial charge is 0.465 e. The highest BCUT2D eigenvalue weighted by molar-refractivity contribution is 6.64. The van der Waals surface area contributed by atoms with Crippen molar-refractivity contribution in [1.82, 2.24) is 24.7 Å². The van der Waals surface area contributed by atoms with Crippen LogP contribution >= 0.6 is 11.6 Å². The molecular weight excluding hydrogens is 432 g/mol. The monoisotopic (exact) mass is 450 g/mol. The Kier molecular flexibility index (Phi) is 4.70. The average molecular weight is 451 g/mol. The van der Waals surface area contributed by atoms with Gasteiger partial charge in [0.05, 0.1) is 41.0 Å². The molecule has 0 aromatic carbocycles. The molecule has 32 heavy (non-hydrogen) atoms. The van der Waals surface area contributed by atoms with Crippen molar-refractivity contribution in [3.05, 3.63) is 53.6 Å². The van der Waals surface area contributed by atoms with Gasteiger partial charge in [0.2, 0.25) is 5.24 Å². The van der Waals surface area contributed by atoms with Gasteiger partial charge in [-0.15, -0.1) is 0 Å². The number of nitrogens with zero attached hydrogens (tertiary/aromatic N) is 4. The van der Waals surface area contributed by atoms with Crippen molar-refractivity contribution >= 4 is 39.5 Å². The molecule has 1 aliphatic rings. The summed E-state index contributed by atoms with van der Waals surface area (Å²) in [6.45, 7) is 1.91. The van der Waals surface area contributed by atoms with Gasteiger partial charge in [0, 0.05) is 35.3 Å². The molecule has 9 nitrogen and oxygen atoms in total. The molecule has 5 rings (SSSR count). The minimum absolute atomic E-state index is 0.0443. The second-order valence-electron chi connectivity index (χ2n) is 7.81. The van der Waals surface area contributed by atoms with E-state index in [0.717, 1.165) is 17.1 Å². The lowest BCUT2D eigenvalue weighted by atomic mass is 10.1. The summed E-state index contributed by atoms with van der Waals surface area (Å²) in [6.07, 6.45) is 3.91. The fourth-order valence-corrected chi connectivity index (χ4v) is 4.12. The number of carbonyl (C=O) groups is 2. The third kappa shape index (κ3) is 3.40. The van der Waals surface area contributed by atoms with E-state index in [1.165, 1.54) is 13.3 Å². The number of carbonyl (C=O) groups excluding carboxylic acids is 2. The first-order chi connectivity index (χ1) is 15.4. The van der Waals surface area contributed by atoms with Crippen LogP contribution in [0.1, 0.15) is 34.1 Å². The first-order valence-electron chi connectivity index (χ1n) is 9.95. The molecule has 1 saturated carbocycles. The van der Waals surface area contributed by atoms with E-state index < -0.39 is 5.97 Å². The number of H-pyrrole nitrogens is 1. The number of halogens is 1. The number of nitrogen functional groups attached to an aromatic ring is 1. The highest BCUT2D eigenvalue weighted by atomic mass is 35.5. The molecule has 0 aliphatic heterocycles. The fraction of sp³-hybridized carbons (Fsp3) is 0.227. The van der Waals surface area contributed by atoms with E-state index in [-0.39, 0.29) is 22.9 Å². The van der Waals surface area contributed by atoms with Gasteiger partial charge in [-0.1, -0.05) is 0 Å². The number of methoxy groups -OCH3 is 1. The predicted octanol–water partition coefficient (Wildman–Crippen LogP) is 3.36. The SMILES string of the molecule is COC(=O)c1cnc(N)c2[nH]c(-c3cc(-n4ccc(C)n4)cc(C4CC4C(=O)Cl)n3)cc12. The van der Waals surface area contributed by atoms with Gasteiger partial charge in [-0.3, -0.25) is 9.78 Å². The van der Waals surface area contributed by atoms with Gasteiger partial charge in [-0.05, 0) is 49.2 Å². The van der Waals surface area contributed by atoms with E-state index in [9.17, 15) is 9.59 Å². The topological polar surface area (TPSA) is 129 Å². The molecule has 1 fully saturated rings. The molecule has 3 N–H and O–H groups in total. The lowest BCUT2D eigenvalue weighted by molar-refractivity contribution is -0.112. The molecule has 0 amide bonds. The lowest BCUT2D eigenvalue weighted by Gasteiger charge is -2.08. The summed E-state index contributed by atoms with van der Waals surface area (Å²) in [6, 6.07) is 7.49. The molecule has 0 bridgehead atoms. The summed E-state index contributed by atoms with van der Waals surface area (Å²) in [7, 11) is 1.31. The van der Waals surface area contributed by atoms with E-state index in [0.29, 0.717) is 34.3 Å². The molecule has 4 aromatic heterocycles. The molecule has 2 atom stereocenters. The van der Waals surface area contributed by atoms with Crippen LogP contribution in [0.4, 0.5) is 5.82 Å². The molecule has 0 radical (unpaired) electrons. The number of rotatable bonds is 5. The number of aromatic nitrogens is 5. The summed E-state index contributed by atoms with van der Waals surface area (Å²) in [5.74, 6) is -0.533. The molecule has 4 aromatic rings. The molecule has 0 spiro atoms. The number of hydrogen-bond acceptors (Lipinski definition) is 7. The number of pyridine rings is 2. The molecule has 10 heteroatoms. The standard InChI is InChI=1S/C22H19ClN6O3/c1-10-3-4-29(28-10)11-5-16(12-7-14(12)20(23)30)26-17(6-11)18-8-13-15(22(31)32-2)9-25-21(24)19(13)27-18/h3-6,8-9,12,14,27H,7H2,1-2H3,(H2,24,25). The number of aryl methyl sites for hydroxylation is 1. The number of esters is 1. The maximum atomic E-state index is 12.2. The number of nitrogens with one attached hydrogen (secondary N) is 1. The van der Waals surface area contributed by atoms with Crippen molar-refractivity contribution in [2.24, 2.45) is 5.92 Å². The zero-order chi connectivity index (χ0) is 22.6. The average Bonchev–Trinajstić information content (AvgIpc) is 3.27. The summed E-state index contributed by atoms with van der Waals surface area (Å²) in [5.41, 5.74) is 10.5. The highest BCUT2D eigenvalue weighted by Crippen LogP contribution is 2.48. The van der Waals surface area contributed by atoms with Crippen molar-refractivity contribution in [2.75, 3.05) is 12.8 Å². The van der Waals surface area contributed by atoms with Crippen molar-refractivity contribution in [1.29, 1.82) is 0 Å². The minimum atomic E-state index is -0.510. The Labute approximate surface area is 187 Å². The molecule has 1 aliphatic carbocycles. The predicted molar refractivity (Wildman–Crippen MR) is 119 cm³/mol. The minimum Gasteiger partial charge on any atom is -0.465 e. The van der Waals surface area contributed by atoms with Gasteiger partial charge in [-0.25, -0.2) is 14.5 Å². The number of hydrogen-bond donors (Lipinski definition) is 2. The Morgan fingerprint density at radius 3 is 2.78 bits per heavy atom. The van der Waals surface area contributed by atoms with Gasteiger partial charge in [0.15, 0.2) is 0 Å². The maximum Gasteiger partial charge on any atom is 0.340 e. The quantitative estimate of drug-likeness (QED) is 0.352. The summed E-state index contributed by atoms with van der Waals surface area (Å²) in [4.78, 5) is 35.9. The van der Waals surface area contributed by atoms with Crippen LogP contribution in [0.15, 0.2) is 36.7 Å². The van der Waals surface area contributed by atoms with Crippen LogP contribution in [-0.2, 0) is 9.53 Å². The molecular formula is C22H19ClN6O3. The smallest absolute Gasteiger partial charge is 0.340 e. The van der Waals surface area contributed by atoms with Gasteiger partial charge >= 0.3 is 5.97 Å². The molecule has 0 saturated heterocycles. The summed E-state index contributed by atoms with van der Waals surface area (Å²) in [5, 5.41) is 4.72. The van der Waals surface area contributed by atoms with Gasteiger partial charge in [-0.2, -0.15) is 5.10 Å². The zero-order valence-corrected chi connectivity index (χ0v) is 18.1. The van der Waals surface area contributed by atoms with Gasteiger partial charge in [0.25, 0.3) is 0 Å². The maximum absolute atomic E-state index is 12.2. The van der Waals surface area contributed by atoms with Crippen molar-refractivity contribution in [3.8, 4) is 17.1 Å². The second kappa shape index (κ2) is 7.45.